The number of hydrogen-bond acceptors (Lipinski definition) is 3. The van der Waals surface area contributed by atoms with Crippen molar-refractivity contribution >= 4 is 22.7 Å². The van der Waals surface area contributed by atoms with Crippen LogP contribution in [0.25, 0.3) is 10.9 Å². The van der Waals surface area contributed by atoms with Crippen molar-refractivity contribution in [2.24, 2.45) is 7.05 Å². The molecule has 1 N–H and O–H groups in total. The number of nitrogens with one attached hydrogen (secondary N) is 1. The summed E-state index contributed by atoms with van der Waals surface area (Å²) in [6, 6.07) is 11.4. The Kier molecular flexibility index (Phi) is 4.71. The van der Waals surface area contributed by atoms with Crippen LogP contribution in [0.1, 0.15) is 29.0 Å². The Balaban J connectivity index is 1.39. The van der Waals surface area contributed by atoms with E-state index in [-0.39, 0.29) is 17.9 Å². The first kappa shape index (κ1) is 17.4. The molecule has 1 aliphatic rings. The van der Waals surface area contributed by atoms with Crippen LogP contribution in [0.3, 0.4) is 0 Å². The molecule has 140 valence electrons. The summed E-state index contributed by atoms with van der Waals surface area (Å²) in [4.78, 5) is 26.8. The highest BCUT2D eigenvalue weighted by molar-refractivity contribution is 5.92. The molecule has 4 rings (SSSR count). The van der Waals surface area contributed by atoms with Gasteiger partial charge < -0.3 is 19.2 Å². The van der Waals surface area contributed by atoms with E-state index >= 15 is 0 Å². The molecule has 1 atom stereocenters. The molecule has 0 radical (unpaired) electrons. The average molecular weight is 365 g/mol. The Labute approximate surface area is 157 Å². The van der Waals surface area contributed by atoms with Gasteiger partial charge in [-0.1, -0.05) is 18.2 Å². The summed E-state index contributed by atoms with van der Waals surface area (Å²) in [6.07, 6.45) is 5.59. The maximum absolute atomic E-state index is 12.6. The molecule has 2 aromatic heterocycles. The lowest BCUT2D eigenvalue weighted by molar-refractivity contribution is -0.121. The van der Waals surface area contributed by atoms with E-state index in [0.29, 0.717) is 25.3 Å². The number of amides is 2. The van der Waals surface area contributed by atoms with Crippen molar-refractivity contribution in [1.82, 2.24) is 14.8 Å². The number of fused-ring (bicyclic) bond motifs is 1. The van der Waals surface area contributed by atoms with Gasteiger partial charge in [-0.3, -0.25) is 9.59 Å². The van der Waals surface area contributed by atoms with Gasteiger partial charge in [0.1, 0.15) is 0 Å². The summed E-state index contributed by atoms with van der Waals surface area (Å²) in [6.45, 7) is 1.20. The summed E-state index contributed by atoms with van der Waals surface area (Å²) in [7, 11) is 1.99. The topological polar surface area (TPSA) is 67.5 Å². The van der Waals surface area contributed by atoms with Crippen molar-refractivity contribution in [2.45, 2.75) is 25.3 Å². The number of furan rings is 1. The van der Waals surface area contributed by atoms with Crippen LogP contribution in [0, 0.1) is 0 Å². The second kappa shape index (κ2) is 7.31. The third-order valence-electron chi connectivity index (χ3n) is 5.14. The van der Waals surface area contributed by atoms with Gasteiger partial charge in [0.15, 0.2) is 5.76 Å². The van der Waals surface area contributed by atoms with Gasteiger partial charge in [0.2, 0.25) is 5.91 Å². The minimum absolute atomic E-state index is 0.0105. The molecule has 1 fully saturated rings. The predicted octanol–water partition coefficient (Wildman–Crippen LogP) is 2.73. The van der Waals surface area contributed by atoms with Gasteiger partial charge >= 0.3 is 0 Å². The highest BCUT2D eigenvalue weighted by atomic mass is 16.3. The summed E-state index contributed by atoms with van der Waals surface area (Å²) in [5.74, 6) is 0.217. The molecule has 2 amide bonds. The van der Waals surface area contributed by atoms with E-state index < -0.39 is 0 Å². The van der Waals surface area contributed by atoms with Crippen LogP contribution in [0.4, 0.5) is 0 Å². The molecule has 1 saturated heterocycles. The molecule has 0 spiro atoms. The highest BCUT2D eigenvalue weighted by Gasteiger charge is 2.26. The fraction of sp³-hybridized carbons (Fsp3) is 0.333. The lowest BCUT2D eigenvalue weighted by Gasteiger charge is -2.32. The van der Waals surface area contributed by atoms with E-state index in [2.05, 4.69) is 11.4 Å². The molecule has 1 aliphatic heterocycles. The number of nitrogens with zero attached hydrogens (tertiary/aromatic N) is 2. The fourth-order valence-corrected chi connectivity index (χ4v) is 3.85. The molecule has 27 heavy (non-hydrogen) atoms. The second-order valence-electron chi connectivity index (χ2n) is 7.09. The van der Waals surface area contributed by atoms with Crippen LogP contribution >= 0.6 is 0 Å². The van der Waals surface area contributed by atoms with Crippen LogP contribution in [0.15, 0.2) is 53.3 Å². The van der Waals surface area contributed by atoms with Crippen LogP contribution in [-0.2, 0) is 18.3 Å². The SMILES string of the molecule is Cn1cc(CC(=O)NC2CCCN(C(=O)c3ccco3)C2)c2ccccc21. The number of benzene rings is 1. The van der Waals surface area contributed by atoms with E-state index in [1.807, 2.05) is 36.0 Å². The fourth-order valence-electron chi connectivity index (χ4n) is 3.85. The molecule has 1 aromatic carbocycles. The first-order valence-electron chi connectivity index (χ1n) is 9.27. The zero-order valence-corrected chi connectivity index (χ0v) is 15.4. The molecule has 1 unspecified atom stereocenters. The van der Waals surface area contributed by atoms with E-state index in [9.17, 15) is 9.59 Å². The number of para-hydroxylation sites is 1. The quantitative estimate of drug-likeness (QED) is 0.773. The van der Waals surface area contributed by atoms with Crippen molar-refractivity contribution in [2.75, 3.05) is 13.1 Å². The lowest BCUT2D eigenvalue weighted by Crippen LogP contribution is -2.49. The average Bonchev–Trinajstić information content (AvgIpc) is 3.31. The Bertz CT molecular complexity index is 958. The standard InChI is InChI=1S/C21H23N3O3/c1-23-13-15(17-7-2-3-8-18(17)23)12-20(25)22-16-6-4-10-24(14-16)21(26)19-9-5-11-27-19/h2-3,5,7-9,11,13,16H,4,6,10,12,14H2,1H3,(H,22,25). The number of piperidine rings is 1. The van der Waals surface area contributed by atoms with Gasteiger partial charge in [-0.15, -0.1) is 0 Å². The Morgan fingerprint density at radius 2 is 2.07 bits per heavy atom. The molecule has 6 nitrogen and oxygen atoms in total. The van der Waals surface area contributed by atoms with Crippen molar-refractivity contribution in [3.63, 3.8) is 0 Å². The number of carbonyl (C=O) groups is 2. The summed E-state index contributed by atoms with van der Waals surface area (Å²) in [5, 5.41) is 4.20. The van der Waals surface area contributed by atoms with Crippen LogP contribution < -0.4 is 5.32 Å². The Morgan fingerprint density at radius 3 is 2.89 bits per heavy atom. The third-order valence-corrected chi connectivity index (χ3v) is 5.14. The highest BCUT2D eigenvalue weighted by Crippen LogP contribution is 2.21. The van der Waals surface area contributed by atoms with Gasteiger partial charge in [-0.25, -0.2) is 0 Å². The number of aromatic nitrogens is 1. The molecule has 0 bridgehead atoms. The van der Waals surface area contributed by atoms with Gasteiger partial charge in [0, 0.05) is 43.3 Å². The van der Waals surface area contributed by atoms with E-state index in [1.165, 1.54) is 6.26 Å². The maximum Gasteiger partial charge on any atom is 0.289 e. The molecular formula is C21H23N3O3. The summed E-state index contributed by atoms with van der Waals surface area (Å²) in [5.41, 5.74) is 2.14. The van der Waals surface area contributed by atoms with Gasteiger partial charge in [0.05, 0.1) is 12.7 Å². The van der Waals surface area contributed by atoms with Crippen LogP contribution in [0.2, 0.25) is 0 Å². The van der Waals surface area contributed by atoms with Crippen LogP contribution in [0.5, 0.6) is 0 Å². The zero-order valence-electron chi connectivity index (χ0n) is 15.4. The van der Waals surface area contributed by atoms with Crippen LogP contribution in [-0.4, -0.2) is 40.4 Å². The summed E-state index contributed by atoms with van der Waals surface area (Å²) < 4.78 is 7.25. The summed E-state index contributed by atoms with van der Waals surface area (Å²) >= 11 is 0. The minimum Gasteiger partial charge on any atom is -0.459 e. The molecule has 6 heteroatoms. The van der Waals surface area contributed by atoms with E-state index in [1.54, 1.807) is 17.0 Å². The van der Waals surface area contributed by atoms with E-state index in [4.69, 9.17) is 4.42 Å². The van der Waals surface area contributed by atoms with Crippen molar-refractivity contribution in [3.8, 4) is 0 Å². The van der Waals surface area contributed by atoms with Gasteiger partial charge in [0.25, 0.3) is 5.91 Å². The number of hydrogen-bond donors (Lipinski definition) is 1. The molecule has 0 aliphatic carbocycles. The zero-order chi connectivity index (χ0) is 18.8. The van der Waals surface area contributed by atoms with E-state index in [0.717, 1.165) is 29.3 Å². The molecule has 3 aromatic rings. The first-order chi connectivity index (χ1) is 13.1. The first-order valence-corrected chi connectivity index (χ1v) is 9.27. The third kappa shape index (κ3) is 3.60. The number of rotatable bonds is 4. The van der Waals surface area contributed by atoms with Crippen molar-refractivity contribution in [1.29, 1.82) is 0 Å². The van der Waals surface area contributed by atoms with Gasteiger partial charge in [-0.2, -0.15) is 0 Å². The van der Waals surface area contributed by atoms with Gasteiger partial charge in [-0.05, 0) is 36.6 Å². The maximum atomic E-state index is 12.6. The second-order valence-corrected chi connectivity index (χ2v) is 7.09. The monoisotopic (exact) mass is 365 g/mol. The van der Waals surface area contributed by atoms with Crippen molar-refractivity contribution < 1.29 is 14.0 Å². The Hall–Kier alpha value is -3.02. The van der Waals surface area contributed by atoms with Crippen molar-refractivity contribution in [3.05, 3.63) is 60.2 Å². The molecule has 0 saturated carbocycles. The largest absolute Gasteiger partial charge is 0.459 e. The Morgan fingerprint density at radius 1 is 1.22 bits per heavy atom. The molecular weight excluding hydrogens is 342 g/mol. The minimum atomic E-state index is -0.118. The smallest absolute Gasteiger partial charge is 0.289 e. The number of likely N-dealkylation sites (tertiary alicyclic amines) is 1. The number of aryl methyl sites for hydroxylation is 1. The normalized spacial score (nSPS) is 17.2. The predicted molar refractivity (Wildman–Crippen MR) is 102 cm³/mol. The lowest BCUT2D eigenvalue weighted by atomic mass is 10.0. The number of carbonyl (C=O) groups excluding carboxylic acids is 2. The molecule has 3 heterocycles.